The number of phenols is 4. The van der Waals surface area contributed by atoms with Gasteiger partial charge in [-0.05, 0) is 116 Å². The predicted molar refractivity (Wildman–Crippen MR) is 357 cm³/mol. The Bertz CT molecular complexity index is 2790. The van der Waals surface area contributed by atoms with Gasteiger partial charge in [-0.15, -0.1) is 0 Å². The zero-order valence-corrected chi connectivity index (χ0v) is 65.0. The first-order valence-electron chi connectivity index (χ1n) is 31.0. The Morgan fingerprint density at radius 2 is 0.456 bits per heavy atom. The fraction of sp³-hybridized carbons (Fsp3) is 0.611. The van der Waals surface area contributed by atoms with Gasteiger partial charge in [0, 0.05) is 103 Å². The van der Waals surface area contributed by atoms with Crippen LogP contribution in [0.1, 0.15) is 284 Å². The molecule has 4 N–H and O–H groups in total. The van der Waals surface area contributed by atoms with Gasteiger partial charge in [0.1, 0.15) is 23.0 Å². The van der Waals surface area contributed by atoms with E-state index in [1.165, 1.54) is 22.3 Å². The molecule has 2 fully saturated rings. The SMILES string of the molecule is CC(C)(C)c1cc(C=N[C@H]2CCCC[C@@H]2N=Cc2cc(C(C)(C)C)cc(C(C)(C)C)c2O)c(O)c(C(C)(C)C)c1.CC(C)(C)c1cc(C=N[C@H]2CCCC[C@@H]2N=Cc2cc(C(C)(C)C)cc(C(C)(C)C)c2O)c(O)c(C(C)(C)C)c1.[Co].[Co].[F][Sb-]([F])([F])([F])([F])[F].[I-]. The van der Waals surface area contributed by atoms with Crippen LogP contribution in [0.25, 0.3) is 0 Å². The molecule has 0 unspecified atom stereocenters. The van der Waals surface area contributed by atoms with Gasteiger partial charge in [-0.3, -0.25) is 20.0 Å². The molecule has 90 heavy (non-hydrogen) atoms. The second kappa shape index (κ2) is 29.9. The van der Waals surface area contributed by atoms with Crippen molar-refractivity contribution in [1.82, 2.24) is 0 Å². The number of rotatable bonds is 8. The Kier molecular flexibility index (Phi) is 28.2. The maximum Gasteiger partial charge on any atom is -1.00 e. The van der Waals surface area contributed by atoms with E-state index in [-0.39, 0.29) is 125 Å². The van der Waals surface area contributed by atoms with Crippen LogP contribution in [-0.4, -0.2) is 88.9 Å². The summed E-state index contributed by atoms with van der Waals surface area (Å²) in [5.41, 5.74) is 10.8. The monoisotopic (exact) mass is 1570 g/mol. The zero-order valence-electron chi connectivity index (χ0n) is 58.2. The molecule has 0 aliphatic heterocycles. The minimum atomic E-state index is -11.2. The number of halogens is 7. The first-order valence-corrected chi connectivity index (χ1v) is 36.8. The van der Waals surface area contributed by atoms with Crippen molar-refractivity contribution in [3.63, 3.8) is 0 Å². The third-order valence-corrected chi connectivity index (χ3v) is 16.3. The second-order valence-electron chi connectivity index (χ2n) is 32.8. The number of benzene rings is 4. The van der Waals surface area contributed by atoms with Crippen LogP contribution in [0.4, 0.5) is 16.9 Å². The van der Waals surface area contributed by atoms with Gasteiger partial charge in [0.05, 0.1) is 24.2 Å². The van der Waals surface area contributed by atoms with E-state index >= 15 is 0 Å². The largest absolute Gasteiger partial charge is 1.00 e. The first-order chi connectivity index (χ1) is 38.8. The van der Waals surface area contributed by atoms with E-state index in [0.29, 0.717) is 23.0 Å². The van der Waals surface area contributed by atoms with E-state index in [1.54, 1.807) is 0 Å². The van der Waals surface area contributed by atoms with Crippen LogP contribution in [0.15, 0.2) is 68.5 Å². The average molecular weight is 1570 g/mol. The van der Waals surface area contributed by atoms with Crippen LogP contribution in [0.5, 0.6) is 23.0 Å². The molecule has 6 rings (SSSR count). The molecule has 514 valence electrons. The minimum absolute atomic E-state index is 0. The van der Waals surface area contributed by atoms with Crippen molar-refractivity contribution in [2.75, 3.05) is 0 Å². The summed E-state index contributed by atoms with van der Waals surface area (Å²) in [4.78, 5) is 20.1. The Morgan fingerprint density at radius 3 is 0.578 bits per heavy atom. The van der Waals surface area contributed by atoms with Gasteiger partial charge in [0.15, 0.2) is 0 Å². The molecule has 0 spiro atoms. The van der Waals surface area contributed by atoms with Crippen molar-refractivity contribution in [1.29, 1.82) is 0 Å². The first kappa shape index (κ1) is 84.9. The van der Waals surface area contributed by atoms with Crippen LogP contribution >= 0.6 is 0 Å². The fourth-order valence-electron chi connectivity index (χ4n) is 10.6. The second-order valence-corrected chi connectivity index (χ2v) is 38.2. The van der Waals surface area contributed by atoms with Crippen LogP contribution in [-0.2, 0) is 76.9 Å². The van der Waals surface area contributed by atoms with Crippen molar-refractivity contribution in [3.8, 4) is 23.0 Å². The Hall–Kier alpha value is -3.10. The maximum atomic E-state index is 11.2. The standard InChI is InChI=1S/2C36H54N2O2.2Co.6FH.HI.Sb/c2*1-33(2,3)25-17-23(31(39)27(19-25)35(7,8)9)21-37-29-15-13-14-16-30(29)38-22-24-18-26(34(4,5)6)20-28(32(24)40)36(10,11)12;;;;;;;;;;/h2*17-22,29-30,39-40H,13-16H2,1-12H3;;;7*1H;/q;;;;;;;;;;;+5/p-7/t2*29-,30-;;;;;;;;;;/m00........../s1. The molecule has 2 aliphatic carbocycles. The molecule has 0 amide bonds. The molecule has 4 aromatic rings. The Labute approximate surface area is 577 Å². The van der Waals surface area contributed by atoms with Crippen LogP contribution in [0.2, 0.25) is 0 Å². The van der Waals surface area contributed by atoms with E-state index < -0.39 is 19.5 Å². The van der Waals surface area contributed by atoms with Crippen molar-refractivity contribution >= 4 is 44.3 Å². The fourth-order valence-corrected chi connectivity index (χ4v) is 10.6. The summed E-state index contributed by atoms with van der Waals surface area (Å²) < 4.78 is 59.6. The summed E-state index contributed by atoms with van der Waals surface area (Å²) in [6.07, 6.45) is 15.8. The molecule has 18 heteroatoms. The van der Waals surface area contributed by atoms with Crippen molar-refractivity contribution < 1.29 is 94.8 Å². The van der Waals surface area contributed by atoms with Gasteiger partial charge in [0.2, 0.25) is 0 Å². The van der Waals surface area contributed by atoms with E-state index in [9.17, 15) is 37.3 Å². The summed E-state index contributed by atoms with van der Waals surface area (Å²) in [6.45, 7) is 52.1. The van der Waals surface area contributed by atoms with E-state index in [0.717, 1.165) is 95.9 Å². The quantitative estimate of drug-likeness (QED) is 0.0606. The van der Waals surface area contributed by atoms with Gasteiger partial charge in [0.25, 0.3) is 0 Å². The summed E-state index contributed by atoms with van der Waals surface area (Å²) in [5.74, 6) is 1.27. The van der Waals surface area contributed by atoms with E-state index in [4.69, 9.17) is 20.0 Å². The molecule has 0 bridgehead atoms. The zero-order chi connectivity index (χ0) is 66.9. The summed E-state index contributed by atoms with van der Waals surface area (Å²) >= 11 is -11.2. The number of nitrogens with zero attached hydrogens (tertiary/aromatic N) is 4. The molecule has 0 heterocycles. The Morgan fingerprint density at radius 1 is 0.311 bits per heavy atom. The molecule has 4 aromatic carbocycles. The molecule has 4 atom stereocenters. The average Bonchev–Trinajstić information content (AvgIpc) is 0.962. The maximum absolute atomic E-state index is 11.2. The van der Waals surface area contributed by atoms with Gasteiger partial charge < -0.3 is 44.4 Å². The minimum Gasteiger partial charge on any atom is -1.00 e. The van der Waals surface area contributed by atoms with Crippen LogP contribution in [0, 0.1) is 0 Å². The Balaban J connectivity index is 0.000000789. The van der Waals surface area contributed by atoms with Crippen LogP contribution in [0.3, 0.4) is 0 Å². The topological polar surface area (TPSA) is 130 Å². The molecule has 8 nitrogen and oxygen atoms in total. The molecular formula is C72H108Co2F6IN4O4Sb-2. The third kappa shape index (κ3) is 26.2. The normalized spacial score (nSPS) is 19.2. The van der Waals surface area contributed by atoms with Gasteiger partial charge in [-0.2, -0.15) is 0 Å². The predicted octanol–water partition coefficient (Wildman–Crippen LogP) is 17.4. The van der Waals surface area contributed by atoms with Gasteiger partial charge in [-0.1, -0.05) is 216 Å². The van der Waals surface area contributed by atoms with Crippen molar-refractivity contribution in [2.45, 2.75) is 285 Å². The number of hydrogen-bond acceptors (Lipinski definition) is 8. The summed E-state index contributed by atoms with van der Waals surface area (Å²) in [6, 6.07) is 17.1. The molecule has 0 aromatic heterocycles. The summed E-state index contributed by atoms with van der Waals surface area (Å²) in [7, 11) is 0. The smallest absolute Gasteiger partial charge is 1.00 e. The number of aliphatic imine (C=N–C) groups is 4. The molecule has 2 aliphatic rings. The molecule has 2 radical (unpaired) electrons. The van der Waals surface area contributed by atoms with Crippen molar-refractivity contribution in [2.24, 2.45) is 20.0 Å². The number of phenolic OH excluding ortho intramolecular Hbond substituents is 4. The molecule has 2 saturated carbocycles. The van der Waals surface area contributed by atoms with Crippen LogP contribution < -0.4 is 24.0 Å². The summed E-state index contributed by atoms with van der Waals surface area (Å²) in [5, 5.41) is 44.9. The number of hydrogen-bond donors (Lipinski definition) is 4. The molecule has 0 saturated heterocycles. The molecular weight excluding hydrogens is 1470 g/mol. The van der Waals surface area contributed by atoms with Gasteiger partial charge >= 0.3 is 36.4 Å². The van der Waals surface area contributed by atoms with Gasteiger partial charge in [-0.25, -0.2) is 0 Å². The number of aromatic hydroxyl groups is 4. The third-order valence-electron chi connectivity index (χ3n) is 16.3. The van der Waals surface area contributed by atoms with E-state index in [2.05, 4.69) is 215 Å². The van der Waals surface area contributed by atoms with Crippen molar-refractivity contribution in [3.05, 3.63) is 115 Å². The van der Waals surface area contributed by atoms with E-state index in [1.807, 2.05) is 24.9 Å².